The first-order chi connectivity index (χ1) is 8.68. The highest BCUT2D eigenvalue weighted by molar-refractivity contribution is 5.85. The Kier molecular flexibility index (Phi) is 5.76. The Labute approximate surface area is 119 Å². The molecule has 0 unspecified atom stereocenters. The summed E-state index contributed by atoms with van der Waals surface area (Å²) in [6.07, 6.45) is 0. The number of halogens is 1. The van der Waals surface area contributed by atoms with E-state index in [0.717, 1.165) is 0 Å². The topological polar surface area (TPSA) is 52.5 Å². The van der Waals surface area contributed by atoms with Gasteiger partial charge in [-0.1, -0.05) is 42.5 Å². The first-order valence-electron chi connectivity index (χ1n) is 6.12. The van der Waals surface area contributed by atoms with E-state index in [1.807, 2.05) is 18.2 Å². The fraction of sp³-hybridized carbons (Fsp3) is 0.333. The Morgan fingerprint density at radius 1 is 1.00 bits per heavy atom. The van der Waals surface area contributed by atoms with Crippen molar-refractivity contribution < 1.29 is 10.2 Å². The van der Waals surface area contributed by atoms with Gasteiger partial charge in [0, 0.05) is 6.54 Å². The van der Waals surface area contributed by atoms with Gasteiger partial charge in [-0.05, 0) is 23.3 Å². The van der Waals surface area contributed by atoms with Gasteiger partial charge in [-0.3, -0.25) is 0 Å². The number of nitrogens with one attached hydrogen (secondary N) is 1. The summed E-state index contributed by atoms with van der Waals surface area (Å²) >= 11 is 0. The van der Waals surface area contributed by atoms with Crippen LogP contribution in [0.25, 0.3) is 10.8 Å². The third-order valence-electron chi connectivity index (χ3n) is 3.28. The summed E-state index contributed by atoms with van der Waals surface area (Å²) in [4.78, 5) is 0. The highest BCUT2D eigenvalue weighted by atomic mass is 35.5. The molecule has 0 radical (unpaired) electrons. The molecule has 0 heterocycles. The summed E-state index contributed by atoms with van der Waals surface area (Å²) in [6.45, 7) is 2.25. The summed E-state index contributed by atoms with van der Waals surface area (Å²) < 4.78 is 0. The van der Waals surface area contributed by atoms with Crippen molar-refractivity contribution in [1.29, 1.82) is 0 Å². The summed E-state index contributed by atoms with van der Waals surface area (Å²) in [6, 6.07) is 14.4. The molecule has 3 N–H and O–H groups in total. The van der Waals surface area contributed by atoms with Crippen molar-refractivity contribution in [3.63, 3.8) is 0 Å². The van der Waals surface area contributed by atoms with Crippen molar-refractivity contribution in [3.05, 3.63) is 48.0 Å². The number of aliphatic hydroxyl groups excluding tert-OH is 2. The zero-order chi connectivity index (χ0) is 13.0. The Morgan fingerprint density at radius 2 is 1.63 bits per heavy atom. The molecule has 19 heavy (non-hydrogen) atoms. The lowest BCUT2D eigenvalue weighted by molar-refractivity contribution is 0.103. The van der Waals surface area contributed by atoms with Crippen LogP contribution in [0.4, 0.5) is 0 Å². The number of rotatable bonds is 5. The fourth-order valence-corrected chi connectivity index (χ4v) is 1.92. The van der Waals surface area contributed by atoms with E-state index in [9.17, 15) is 10.2 Å². The van der Waals surface area contributed by atoms with Gasteiger partial charge < -0.3 is 15.5 Å². The predicted molar refractivity (Wildman–Crippen MR) is 80.6 cm³/mol. The smallest absolute Gasteiger partial charge is 0.0633 e. The van der Waals surface area contributed by atoms with Crippen LogP contribution < -0.4 is 5.32 Å². The van der Waals surface area contributed by atoms with Crippen LogP contribution >= 0.6 is 12.4 Å². The SMILES string of the molecule is CC(CO)(CO)NCc1cccc2ccccc12.Cl. The molecule has 0 bridgehead atoms. The van der Waals surface area contributed by atoms with Crippen LogP contribution in [0.5, 0.6) is 0 Å². The third kappa shape index (κ3) is 3.67. The molecule has 0 fully saturated rings. The van der Waals surface area contributed by atoms with E-state index in [2.05, 4.69) is 29.6 Å². The largest absolute Gasteiger partial charge is 0.394 e. The molecule has 2 aromatic rings. The first-order valence-corrected chi connectivity index (χ1v) is 6.12. The lowest BCUT2D eigenvalue weighted by Crippen LogP contribution is -2.48. The van der Waals surface area contributed by atoms with Crippen LogP contribution in [0, 0.1) is 0 Å². The summed E-state index contributed by atoms with van der Waals surface area (Å²) in [5.74, 6) is 0. The predicted octanol–water partition coefficient (Wildman–Crippen LogP) is 2.09. The molecule has 3 nitrogen and oxygen atoms in total. The molecular weight excluding hydrogens is 262 g/mol. The fourth-order valence-electron chi connectivity index (χ4n) is 1.92. The van der Waals surface area contributed by atoms with E-state index in [4.69, 9.17) is 0 Å². The molecule has 0 aromatic heterocycles. The van der Waals surface area contributed by atoms with Gasteiger partial charge in [-0.25, -0.2) is 0 Å². The zero-order valence-corrected chi connectivity index (χ0v) is 11.8. The van der Waals surface area contributed by atoms with Gasteiger partial charge in [0.2, 0.25) is 0 Å². The monoisotopic (exact) mass is 281 g/mol. The summed E-state index contributed by atoms with van der Waals surface area (Å²) in [7, 11) is 0. The van der Waals surface area contributed by atoms with Crippen molar-refractivity contribution in [1.82, 2.24) is 5.32 Å². The van der Waals surface area contributed by atoms with E-state index >= 15 is 0 Å². The molecule has 0 aliphatic rings. The molecule has 2 aromatic carbocycles. The van der Waals surface area contributed by atoms with Crippen molar-refractivity contribution in [3.8, 4) is 0 Å². The Hall–Kier alpha value is -1.13. The highest BCUT2D eigenvalue weighted by Gasteiger charge is 2.21. The normalized spacial score (nSPS) is 11.3. The lowest BCUT2D eigenvalue weighted by Gasteiger charge is -2.26. The van der Waals surface area contributed by atoms with E-state index in [-0.39, 0.29) is 25.6 Å². The average Bonchev–Trinajstić information content (AvgIpc) is 2.44. The third-order valence-corrected chi connectivity index (χ3v) is 3.28. The van der Waals surface area contributed by atoms with E-state index in [0.29, 0.717) is 6.54 Å². The Bertz CT molecular complexity index is 521. The standard InChI is InChI=1S/C15H19NO2.ClH/c1-15(10-17,11-18)16-9-13-7-4-6-12-5-2-3-8-14(12)13;/h2-8,16-18H,9-11H2,1H3;1H. The van der Waals surface area contributed by atoms with Gasteiger partial charge in [-0.2, -0.15) is 0 Å². The van der Waals surface area contributed by atoms with Crippen LogP contribution in [0.3, 0.4) is 0 Å². The van der Waals surface area contributed by atoms with Crippen molar-refractivity contribution in [2.24, 2.45) is 0 Å². The quantitative estimate of drug-likeness (QED) is 0.787. The maximum absolute atomic E-state index is 9.25. The molecule has 2 rings (SSSR count). The number of fused-ring (bicyclic) bond motifs is 1. The van der Waals surface area contributed by atoms with Crippen molar-refractivity contribution >= 4 is 23.2 Å². The number of hydrogen-bond acceptors (Lipinski definition) is 3. The van der Waals surface area contributed by atoms with Crippen LogP contribution in [0.15, 0.2) is 42.5 Å². The molecule has 4 heteroatoms. The second kappa shape index (κ2) is 6.87. The minimum absolute atomic E-state index is 0. The van der Waals surface area contributed by atoms with Gasteiger partial charge in [-0.15, -0.1) is 12.4 Å². The van der Waals surface area contributed by atoms with Gasteiger partial charge >= 0.3 is 0 Å². The molecule has 0 saturated carbocycles. The molecular formula is C15H20ClNO2. The first kappa shape index (κ1) is 15.9. The van der Waals surface area contributed by atoms with E-state index < -0.39 is 5.54 Å². The van der Waals surface area contributed by atoms with Gasteiger partial charge in [0.25, 0.3) is 0 Å². The van der Waals surface area contributed by atoms with Crippen molar-refractivity contribution in [2.45, 2.75) is 19.0 Å². The number of aliphatic hydroxyl groups is 2. The molecule has 0 aliphatic carbocycles. The lowest BCUT2D eigenvalue weighted by atomic mass is 10.0. The maximum atomic E-state index is 9.25. The molecule has 0 aliphatic heterocycles. The van der Waals surface area contributed by atoms with Crippen LogP contribution in [-0.4, -0.2) is 29.0 Å². The molecule has 0 amide bonds. The number of benzene rings is 2. The van der Waals surface area contributed by atoms with Gasteiger partial charge in [0.15, 0.2) is 0 Å². The summed E-state index contributed by atoms with van der Waals surface area (Å²) in [5.41, 5.74) is 0.526. The Balaban J connectivity index is 0.00000180. The molecule has 104 valence electrons. The van der Waals surface area contributed by atoms with Crippen LogP contribution in [0.1, 0.15) is 12.5 Å². The minimum Gasteiger partial charge on any atom is -0.394 e. The van der Waals surface area contributed by atoms with Gasteiger partial charge in [0.1, 0.15) is 0 Å². The molecule has 0 spiro atoms. The minimum atomic E-state index is -0.642. The second-order valence-electron chi connectivity index (χ2n) is 4.87. The van der Waals surface area contributed by atoms with Crippen LogP contribution in [0.2, 0.25) is 0 Å². The highest BCUT2D eigenvalue weighted by Crippen LogP contribution is 2.18. The van der Waals surface area contributed by atoms with E-state index in [1.54, 1.807) is 6.92 Å². The zero-order valence-electron chi connectivity index (χ0n) is 11.0. The number of hydrogen-bond donors (Lipinski definition) is 3. The second-order valence-corrected chi connectivity index (χ2v) is 4.87. The van der Waals surface area contributed by atoms with Crippen molar-refractivity contribution in [2.75, 3.05) is 13.2 Å². The van der Waals surface area contributed by atoms with Crippen LogP contribution in [-0.2, 0) is 6.54 Å². The van der Waals surface area contributed by atoms with Gasteiger partial charge in [0.05, 0.1) is 18.8 Å². The molecule has 0 atom stereocenters. The van der Waals surface area contributed by atoms with E-state index in [1.165, 1.54) is 16.3 Å². The molecule has 0 saturated heterocycles. The summed E-state index contributed by atoms with van der Waals surface area (Å²) in [5, 5.41) is 24.1. The Morgan fingerprint density at radius 3 is 2.32 bits per heavy atom. The average molecular weight is 282 g/mol. The maximum Gasteiger partial charge on any atom is 0.0633 e.